The molecular weight excluding hydrogens is 332 g/mol. The summed E-state index contributed by atoms with van der Waals surface area (Å²) in [6.45, 7) is 1.25. The molecule has 0 atom stereocenters. The van der Waals surface area contributed by atoms with Crippen molar-refractivity contribution < 1.29 is 13.2 Å². The van der Waals surface area contributed by atoms with Crippen LogP contribution in [0.1, 0.15) is 5.56 Å². The van der Waals surface area contributed by atoms with Gasteiger partial charge in [-0.1, -0.05) is 15.9 Å². The molecule has 0 aliphatic rings. The van der Waals surface area contributed by atoms with Gasteiger partial charge >= 0.3 is 0 Å². The number of pyridine rings is 1. The Morgan fingerprint density at radius 1 is 1.32 bits per heavy atom. The van der Waals surface area contributed by atoms with E-state index < -0.39 is 10.0 Å². The van der Waals surface area contributed by atoms with E-state index in [1.54, 1.807) is 19.5 Å². The molecule has 0 fully saturated rings. The van der Waals surface area contributed by atoms with E-state index in [0.717, 1.165) is 5.56 Å². The van der Waals surface area contributed by atoms with Gasteiger partial charge in [0, 0.05) is 37.9 Å². The monoisotopic (exact) mass is 350 g/mol. The molecule has 0 spiro atoms. The Kier molecular flexibility index (Phi) is 7.52. The van der Waals surface area contributed by atoms with Gasteiger partial charge in [0.05, 0.1) is 12.4 Å². The molecule has 0 N–H and O–H groups in total. The zero-order chi connectivity index (χ0) is 14.1. The highest BCUT2D eigenvalue weighted by atomic mass is 79.9. The molecule has 0 radical (unpaired) electrons. The largest absolute Gasteiger partial charge is 0.383 e. The van der Waals surface area contributed by atoms with E-state index in [1.165, 1.54) is 4.31 Å². The van der Waals surface area contributed by atoms with Gasteiger partial charge in [-0.25, -0.2) is 8.42 Å². The maximum absolute atomic E-state index is 12.2. The third-order valence-electron chi connectivity index (χ3n) is 2.67. The van der Waals surface area contributed by atoms with Crippen molar-refractivity contribution in [2.24, 2.45) is 0 Å². The number of sulfonamides is 1. The first-order chi connectivity index (χ1) is 9.10. The lowest BCUT2D eigenvalue weighted by Gasteiger charge is -2.20. The van der Waals surface area contributed by atoms with Gasteiger partial charge < -0.3 is 4.74 Å². The summed E-state index contributed by atoms with van der Waals surface area (Å²) in [5, 5.41) is 0.616. The second-order valence-corrected chi connectivity index (χ2v) is 6.88. The molecule has 0 aromatic carbocycles. The maximum atomic E-state index is 12.2. The smallest absolute Gasteiger partial charge is 0.214 e. The molecule has 1 rings (SSSR count). The van der Waals surface area contributed by atoms with E-state index in [1.807, 2.05) is 12.1 Å². The number of halogens is 1. The fourth-order valence-electron chi connectivity index (χ4n) is 1.60. The Morgan fingerprint density at radius 3 is 2.58 bits per heavy atom. The number of ether oxygens (including phenoxy) is 1. The molecule has 0 aliphatic heterocycles. The van der Waals surface area contributed by atoms with E-state index in [9.17, 15) is 8.42 Å². The molecule has 7 heteroatoms. The average Bonchev–Trinajstić information content (AvgIpc) is 2.42. The molecule has 1 aromatic heterocycles. The predicted octanol–water partition coefficient (Wildman–Crippen LogP) is 1.30. The van der Waals surface area contributed by atoms with Crippen LogP contribution >= 0.6 is 15.9 Å². The third kappa shape index (κ3) is 5.99. The maximum Gasteiger partial charge on any atom is 0.214 e. The van der Waals surface area contributed by atoms with Crippen molar-refractivity contribution in [1.29, 1.82) is 0 Å². The van der Waals surface area contributed by atoms with Crippen molar-refractivity contribution in [3.05, 3.63) is 30.1 Å². The molecule has 19 heavy (non-hydrogen) atoms. The van der Waals surface area contributed by atoms with Crippen molar-refractivity contribution in [3.63, 3.8) is 0 Å². The Morgan fingerprint density at radius 2 is 2.00 bits per heavy atom. The summed E-state index contributed by atoms with van der Waals surface area (Å²) in [6.07, 6.45) is 3.84. The minimum absolute atomic E-state index is 0.105. The Hall–Kier alpha value is -0.500. The Bertz CT molecular complexity index is 453. The third-order valence-corrected chi connectivity index (χ3v) is 4.90. The lowest BCUT2D eigenvalue weighted by Crippen LogP contribution is -2.37. The molecular formula is C12H19BrN2O3S. The van der Waals surface area contributed by atoms with Crippen LogP contribution in [-0.4, -0.2) is 55.6 Å². The topological polar surface area (TPSA) is 59.5 Å². The van der Waals surface area contributed by atoms with Gasteiger partial charge in [-0.15, -0.1) is 0 Å². The molecule has 0 saturated heterocycles. The first-order valence-corrected chi connectivity index (χ1v) is 8.75. The lowest BCUT2D eigenvalue weighted by molar-refractivity contribution is 0.181. The SMILES string of the molecule is COCCN(CCBr)S(=O)(=O)CCc1ccncc1. The normalized spacial score (nSPS) is 11.9. The van der Waals surface area contributed by atoms with E-state index >= 15 is 0 Å². The zero-order valence-electron chi connectivity index (χ0n) is 11.0. The highest BCUT2D eigenvalue weighted by molar-refractivity contribution is 9.09. The van der Waals surface area contributed by atoms with Crippen molar-refractivity contribution in [2.45, 2.75) is 6.42 Å². The number of alkyl halides is 1. The van der Waals surface area contributed by atoms with Crippen LogP contribution in [0.3, 0.4) is 0 Å². The van der Waals surface area contributed by atoms with Crippen LogP contribution in [0.5, 0.6) is 0 Å². The second-order valence-electron chi connectivity index (χ2n) is 4.00. The number of rotatable bonds is 9. The first kappa shape index (κ1) is 16.6. The van der Waals surface area contributed by atoms with Crippen LogP contribution in [0.15, 0.2) is 24.5 Å². The van der Waals surface area contributed by atoms with Crippen LogP contribution in [0.25, 0.3) is 0 Å². The Balaban J connectivity index is 2.61. The van der Waals surface area contributed by atoms with Crippen molar-refractivity contribution >= 4 is 26.0 Å². The van der Waals surface area contributed by atoms with Gasteiger partial charge in [-0.2, -0.15) is 4.31 Å². The minimum Gasteiger partial charge on any atom is -0.383 e. The molecule has 1 heterocycles. The fraction of sp³-hybridized carbons (Fsp3) is 0.583. The van der Waals surface area contributed by atoms with Crippen molar-refractivity contribution in [1.82, 2.24) is 9.29 Å². The summed E-state index contributed by atoms with van der Waals surface area (Å²) < 4.78 is 30.9. The summed E-state index contributed by atoms with van der Waals surface area (Å²) in [6, 6.07) is 3.67. The van der Waals surface area contributed by atoms with Crippen LogP contribution < -0.4 is 0 Å². The Labute approximate surface area is 123 Å². The van der Waals surface area contributed by atoms with Gasteiger partial charge in [0.25, 0.3) is 0 Å². The molecule has 0 bridgehead atoms. The van der Waals surface area contributed by atoms with E-state index in [-0.39, 0.29) is 5.75 Å². The van der Waals surface area contributed by atoms with E-state index in [4.69, 9.17) is 4.74 Å². The second kappa shape index (κ2) is 8.63. The molecule has 108 valence electrons. The summed E-state index contributed by atoms with van der Waals surface area (Å²) >= 11 is 3.28. The van der Waals surface area contributed by atoms with Gasteiger partial charge in [-0.05, 0) is 24.1 Å². The molecule has 1 aromatic rings. The molecule has 0 amide bonds. The van der Waals surface area contributed by atoms with Gasteiger partial charge in [0.1, 0.15) is 0 Å². The number of methoxy groups -OCH3 is 1. The van der Waals surface area contributed by atoms with Gasteiger partial charge in [0.2, 0.25) is 10.0 Å². The predicted molar refractivity (Wildman–Crippen MR) is 79.0 cm³/mol. The molecule has 0 saturated carbocycles. The van der Waals surface area contributed by atoms with Crippen LogP contribution in [0.4, 0.5) is 0 Å². The molecule has 5 nitrogen and oxygen atoms in total. The van der Waals surface area contributed by atoms with Crippen LogP contribution in [0, 0.1) is 0 Å². The minimum atomic E-state index is -3.25. The van der Waals surface area contributed by atoms with Crippen LogP contribution in [0.2, 0.25) is 0 Å². The van der Waals surface area contributed by atoms with Gasteiger partial charge in [-0.3, -0.25) is 4.98 Å². The van der Waals surface area contributed by atoms with Crippen molar-refractivity contribution in [2.75, 3.05) is 37.9 Å². The average molecular weight is 351 g/mol. The number of aryl methyl sites for hydroxylation is 1. The summed E-state index contributed by atoms with van der Waals surface area (Å²) in [4.78, 5) is 3.91. The number of aromatic nitrogens is 1. The van der Waals surface area contributed by atoms with E-state index in [2.05, 4.69) is 20.9 Å². The van der Waals surface area contributed by atoms with E-state index in [0.29, 0.717) is 31.4 Å². The standard InChI is InChI=1S/C12H19BrN2O3S/c1-18-10-9-15(8-5-13)19(16,17)11-4-12-2-6-14-7-3-12/h2-3,6-7H,4-5,8-11H2,1H3. The molecule has 0 unspecified atom stereocenters. The van der Waals surface area contributed by atoms with Crippen molar-refractivity contribution in [3.8, 4) is 0 Å². The quantitative estimate of drug-likeness (QED) is 0.630. The number of nitrogens with zero attached hydrogens (tertiary/aromatic N) is 2. The zero-order valence-corrected chi connectivity index (χ0v) is 13.4. The summed E-state index contributed by atoms with van der Waals surface area (Å²) in [7, 11) is -1.69. The lowest BCUT2D eigenvalue weighted by atomic mass is 10.2. The molecule has 0 aliphatic carbocycles. The summed E-state index contributed by atoms with van der Waals surface area (Å²) in [5.41, 5.74) is 0.976. The summed E-state index contributed by atoms with van der Waals surface area (Å²) in [5.74, 6) is 0.105. The van der Waals surface area contributed by atoms with Gasteiger partial charge in [0.15, 0.2) is 0 Å². The number of hydrogen-bond acceptors (Lipinski definition) is 4. The first-order valence-electron chi connectivity index (χ1n) is 6.02. The fourth-order valence-corrected chi connectivity index (χ4v) is 3.74. The highest BCUT2D eigenvalue weighted by Crippen LogP contribution is 2.07. The highest BCUT2D eigenvalue weighted by Gasteiger charge is 2.20. The number of hydrogen-bond donors (Lipinski definition) is 0. The van der Waals surface area contributed by atoms with Crippen LogP contribution in [-0.2, 0) is 21.2 Å².